The summed E-state index contributed by atoms with van der Waals surface area (Å²) >= 11 is 5.57. The van der Waals surface area contributed by atoms with Gasteiger partial charge in [0.15, 0.2) is 5.11 Å². The first-order valence-electron chi connectivity index (χ1n) is 8.51. The number of likely N-dealkylation sites (N-methyl/N-ethyl adjacent to an activating group) is 1. The van der Waals surface area contributed by atoms with Crippen LogP contribution in [-0.2, 0) is 11.2 Å². The third kappa shape index (κ3) is 1.99. The van der Waals surface area contributed by atoms with Crippen LogP contribution in [0.15, 0.2) is 48.5 Å². The molecule has 1 saturated heterocycles. The summed E-state index contributed by atoms with van der Waals surface area (Å²) in [5, 5.41) is 1.64. The Morgan fingerprint density at radius 3 is 2.65 bits per heavy atom. The number of thiocarbonyl (C=S) groups is 1. The Labute approximate surface area is 155 Å². The first-order chi connectivity index (χ1) is 12.6. The van der Waals surface area contributed by atoms with Gasteiger partial charge in [0.25, 0.3) is 5.91 Å². The number of rotatable bonds is 1. The Morgan fingerprint density at radius 2 is 1.88 bits per heavy atom. The van der Waals surface area contributed by atoms with Crippen molar-refractivity contribution in [2.75, 3.05) is 7.05 Å². The number of nitrogens with one attached hydrogen (secondary N) is 1. The van der Waals surface area contributed by atoms with E-state index in [0.717, 1.165) is 27.7 Å². The lowest BCUT2D eigenvalue weighted by Crippen LogP contribution is -2.44. The van der Waals surface area contributed by atoms with E-state index >= 15 is 0 Å². The van der Waals surface area contributed by atoms with Crippen LogP contribution in [0.4, 0.5) is 4.39 Å². The monoisotopic (exact) mass is 365 g/mol. The molecule has 2 aromatic carbocycles. The summed E-state index contributed by atoms with van der Waals surface area (Å²) < 4.78 is 13.5. The number of nitrogens with zero attached hydrogens (tertiary/aromatic N) is 2. The maximum atomic E-state index is 13.5. The fourth-order valence-electron chi connectivity index (χ4n) is 4.20. The van der Waals surface area contributed by atoms with Crippen molar-refractivity contribution in [2.24, 2.45) is 0 Å². The minimum absolute atomic E-state index is 0.0121. The SMILES string of the molecule is CN1C(=O)[C@H]2Cc3c([nH]c4ccccc34)[C@H](c3ccc(F)cc3)N2C1=S. The fourth-order valence-corrected chi connectivity index (χ4v) is 4.52. The molecule has 1 amide bonds. The Bertz CT molecular complexity index is 1060. The Kier molecular flexibility index (Phi) is 3.21. The molecule has 0 radical (unpaired) electrons. The Hall–Kier alpha value is -2.73. The van der Waals surface area contributed by atoms with E-state index < -0.39 is 0 Å². The number of halogens is 1. The molecule has 0 unspecified atom stereocenters. The van der Waals surface area contributed by atoms with Gasteiger partial charge in [0, 0.05) is 30.1 Å². The van der Waals surface area contributed by atoms with Crippen LogP contribution in [0.2, 0.25) is 0 Å². The van der Waals surface area contributed by atoms with E-state index in [0.29, 0.717) is 11.5 Å². The lowest BCUT2D eigenvalue weighted by atomic mass is 9.89. The molecule has 1 N–H and O–H groups in total. The van der Waals surface area contributed by atoms with Crippen LogP contribution in [0.5, 0.6) is 0 Å². The number of fused-ring (bicyclic) bond motifs is 4. The number of para-hydroxylation sites is 1. The van der Waals surface area contributed by atoms with E-state index in [-0.39, 0.29) is 23.8 Å². The van der Waals surface area contributed by atoms with Crippen LogP contribution in [-0.4, -0.2) is 38.9 Å². The second kappa shape index (κ2) is 5.38. The van der Waals surface area contributed by atoms with Crippen LogP contribution in [0.1, 0.15) is 22.9 Å². The molecular formula is C20H16FN3OS. The highest BCUT2D eigenvalue weighted by atomic mass is 32.1. The minimum atomic E-state index is -0.325. The van der Waals surface area contributed by atoms with E-state index in [2.05, 4.69) is 11.1 Å². The smallest absolute Gasteiger partial charge is 0.251 e. The van der Waals surface area contributed by atoms with Crippen molar-refractivity contribution in [3.8, 4) is 0 Å². The van der Waals surface area contributed by atoms with Crippen molar-refractivity contribution in [3.05, 3.63) is 71.2 Å². The molecule has 2 aliphatic heterocycles. The number of aromatic nitrogens is 1. The second-order valence-corrected chi connectivity index (χ2v) is 7.19. The molecule has 130 valence electrons. The number of H-pyrrole nitrogens is 1. The number of hydrogen-bond acceptors (Lipinski definition) is 2. The molecule has 5 rings (SSSR count). The van der Waals surface area contributed by atoms with Crippen molar-refractivity contribution >= 4 is 34.1 Å². The van der Waals surface area contributed by atoms with E-state index in [1.54, 1.807) is 24.1 Å². The predicted molar refractivity (Wildman–Crippen MR) is 101 cm³/mol. The van der Waals surface area contributed by atoms with Gasteiger partial charge >= 0.3 is 0 Å². The molecule has 1 fully saturated rings. The summed E-state index contributed by atoms with van der Waals surface area (Å²) in [7, 11) is 1.72. The zero-order valence-corrected chi connectivity index (χ0v) is 14.9. The summed E-state index contributed by atoms with van der Waals surface area (Å²) in [4.78, 5) is 19.8. The first-order valence-corrected chi connectivity index (χ1v) is 8.92. The number of benzene rings is 2. The highest BCUT2D eigenvalue weighted by Crippen LogP contribution is 2.43. The zero-order chi connectivity index (χ0) is 18.0. The van der Waals surface area contributed by atoms with Gasteiger partial charge in [-0.3, -0.25) is 9.69 Å². The molecule has 3 heterocycles. The largest absolute Gasteiger partial charge is 0.356 e. The van der Waals surface area contributed by atoms with Gasteiger partial charge in [0.2, 0.25) is 0 Å². The van der Waals surface area contributed by atoms with E-state index in [9.17, 15) is 9.18 Å². The van der Waals surface area contributed by atoms with Crippen LogP contribution in [0.25, 0.3) is 10.9 Å². The molecule has 0 spiro atoms. The van der Waals surface area contributed by atoms with Gasteiger partial charge in [-0.25, -0.2) is 4.39 Å². The van der Waals surface area contributed by atoms with Crippen molar-refractivity contribution in [3.63, 3.8) is 0 Å². The average molecular weight is 365 g/mol. The van der Waals surface area contributed by atoms with Gasteiger partial charge in [0.05, 0.1) is 6.04 Å². The minimum Gasteiger partial charge on any atom is -0.356 e. The third-order valence-electron chi connectivity index (χ3n) is 5.44. The molecule has 0 aliphatic carbocycles. The maximum Gasteiger partial charge on any atom is 0.251 e. The van der Waals surface area contributed by atoms with Crippen molar-refractivity contribution in [1.29, 1.82) is 0 Å². The highest BCUT2D eigenvalue weighted by molar-refractivity contribution is 7.80. The Balaban J connectivity index is 1.77. The second-order valence-electron chi connectivity index (χ2n) is 6.82. The van der Waals surface area contributed by atoms with Gasteiger partial charge in [-0.05, 0) is 41.5 Å². The molecule has 3 aromatic rings. The lowest BCUT2D eigenvalue weighted by molar-refractivity contribution is -0.127. The molecule has 0 bridgehead atoms. The molecule has 4 nitrogen and oxygen atoms in total. The van der Waals surface area contributed by atoms with Crippen LogP contribution >= 0.6 is 12.2 Å². The van der Waals surface area contributed by atoms with Gasteiger partial charge < -0.3 is 9.88 Å². The highest BCUT2D eigenvalue weighted by Gasteiger charge is 2.49. The van der Waals surface area contributed by atoms with Gasteiger partial charge in [-0.15, -0.1) is 0 Å². The molecule has 1 aromatic heterocycles. The fraction of sp³-hybridized carbons (Fsp3) is 0.200. The predicted octanol–water partition coefficient (Wildman–Crippen LogP) is 3.38. The molecular weight excluding hydrogens is 349 g/mol. The maximum absolute atomic E-state index is 13.5. The summed E-state index contributed by atoms with van der Waals surface area (Å²) in [6.07, 6.45) is 0.611. The van der Waals surface area contributed by atoms with Gasteiger partial charge in [0.1, 0.15) is 11.9 Å². The number of aromatic amines is 1. The lowest BCUT2D eigenvalue weighted by Gasteiger charge is -2.37. The summed E-state index contributed by atoms with van der Waals surface area (Å²) in [5.41, 5.74) is 4.12. The molecule has 2 aliphatic rings. The van der Waals surface area contributed by atoms with E-state index in [4.69, 9.17) is 12.2 Å². The van der Waals surface area contributed by atoms with Crippen molar-refractivity contribution in [2.45, 2.75) is 18.5 Å². The van der Waals surface area contributed by atoms with Crippen LogP contribution in [0.3, 0.4) is 0 Å². The summed E-state index contributed by atoms with van der Waals surface area (Å²) in [5.74, 6) is -0.270. The number of hydrogen-bond donors (Lipinski definition) is 1. The molecule has 6 heteroatoms. The van der Waals surface area contributed by atoms with E-state index in [1.807, 2.05) is 23.1 Å². The summed E-state index contributed by atoms with van der Waals surface area (Å²) in [6.45, 7) is 0. The molecule has 2 atom stereocenters. The van der Waals surface area contributed by atoms with E-state index in [1.165, 1.54) is 12.1 Å². The van der Waals surface area contributed by atoms with Crippen LogP contribution < -0.4 is 0 Å². The zero-order valence-electron chi connectivity index (χ0n) is 14.1. The molecule has 26 heavy (non-hydrogen) atoms. The van der Waals surface area contributed by atoms with Crippen molar-refractivity contribution < 1.29 is 9.18 Å². The quantitative estimate of drug-likeness (QED) is 0.672. The normalized spacial score (nSPS) is 22.1. The topological polar surface area (TPSA) is 39.3 Å². The standard InChI is InChI=1S/C20H16FN3OS/c1-23-19(25)16-10-14-13-4-2-3-5-15(13)22-17(14)18(24(16)20(23)26)11-6-8-12(21)9-7-11/h2-9,16,18,22H,10H2,1H3/t16-,18+/m1/s1. The molecule has 0 saturated carbocycles. The third-order valence-corrected chi connectivity index (χ3v) is 5.93. The average Bonchev–Trinajstić information content (AvgIpc) is 3.13. The van der Waals surface area contributed by atoms with Gasteiger partial charge in [-0.1, -0.05) is 30.3 Å². The Morgan fingerprint density at radius 1 is 1.15 bits per heavy atom. The first kappa shape index (κ1) is 15.5. The number of amides is 1. The van der Waals surface area contributed by atoms with Crippen molar-refractivity contribution in [1.82, 2.24) is 14.8 Å². The summed E-state index contributed by atoms with van der Waals surface area (Å²) in [6, 6.07) is 14.0. The van der Waals surface area contributed by atoms with Gasteiger partial charge in [-0.2, -0.15) is 0 Å². The number of carbonyl (C=O) groups excluding carboxylic acids is 1. The van der Waals surface area contributed by atoms with Crippen LogP contribution in [0, 0.1) is 5.82 Å². The number of carbonyl (C=O) groups is 1.